The number of anilines is 2. The molecular weight excluding hydrogens is 268 g/mol. The molecule has 1 aromatic rings. The predicted molar refractivity (Wildman–Crippen MR) is 82.6 cm³/mol. The summed E-state index contributed by atoms with van der Waals surface area (Å²) in [6, 6.07) is 5.79. The zero-order chi connectivity index (χ0) is 15.6. The van der Waals surface area contributed by atoms with Crippen molar-refractivity contribution in [3.63, 3.8) is 0 Å². The molecule has 5 nitrogen and oxygen atoms in total. The van der Waals surface area contributed by atoms with Crippen LogP contribution in [0.1, 0.15) is 24.8 Å². The van der Waals surface area contributed by atoms with Gasteiger partial charge in [-0.1, -0.05) is 6.07 Å². The number of hydrogen-bond acceptors (Lipinski definition) is 3. The Labute approximate surface area is 125 Å². The standard InChI is InChI=1S/C16H22N2O3/c1-10-4-7-13(9-14(10)18(2)3)17-15(19)11-5-6-12(8-11)16(20)21/h4,7,9,11-12H,5-6,8H2,1-3H3,(H,17,19)(H,20,21)/t11-,12+/m1/s1. The van der Waals surface area contributed by atoms with E-state index in [2.05, 4.69) is 5.32 Å². The van der Waals surface area contributed by atoms with Gasteiger partial charge >= 0.3 is 5.97 Å². The predicted octanol–water partition coefficient (Wildman–Crippen LogP) is 2.50. The maximum Gasteiger partial charge on any atom is 0.306 e. The van der Waals surface area contributed by atoms with E-state index in [1.807, 2.05) is 44.1 Å². The number of aliphatic carboxylic acids is 1. The number of rotatable bonds is 4. The lowest BCUT2D eigenvalue weighted by atomic mass is 10.0. The lowest BCUT2D eigenvalue weighted by Crippen LogP contribution is -2.22. The molecule has 0 radical (unpaired) electrons. The summed E-state index contributed by atoms with van der Waals surface area (Å²) in [6.07, 6.45) is 1.67. The topological polar surface area (TPSA) is 69.6 Å². The fraction of sp³-hybridized carbons (Fsp3) is 0.500. The van der Waals surface area contributed by atoms with Crippen molar-refractivity contribution in [1.29, 1.82) is 0 Å². The van der Waals surface area contributed by atoms with E-state index in [-0.39, 0.29) is 17.7 Å². The van der Waals surface area contributed by atoms with Crippen LogP contribution in [-0.2, 0) is 9.59 Å². The molecular formula is C16H22N2O3. The van der Waals surface area contributed by atoms with Crippen LogP contribution >= 0.6 is 0 Å². The molecule has 1 amide bonds. The minimum absolute atomic E-state index is 0.0766. The summed E-state index contributed by atoms with van der Waals surface area (Å²) < 4.78 is 0. The van der Waals surface area contributed by atoms with Gasteiger partial charge in [-0.15, -0.1) is 0 Å². The first-order valence-electron chi connectivity index (χ1n) is 7.20. The highest BCUT2D eigenvalue weighted by Crippen LogP contribution is 2.32. The van der Waals surface area contributed by atoms with Crippen LogP contribution in [0.3, 0.4) is 0 Å². The van der Waals surface area contributed by atoms with Crippen molar-refractivity contribution in [2.24, 2.45) is 11.8 Å². The first-order chi connectivity index (χ1) is 9.88. The van der Waals surface area contributed by atoms with E-state index in [1.165, 1.54) is 0 Å². The molecule has 1 aliphatic carbocycles. The number of carboxylic acids is 1. The molecule has 2 rings (SSSR count). The lowest BCUT2D eigenvalue weighted by molar-refractivity contribution is -0.141. The van der Waals surface area contributed by atoms with Gasteiger partial charge in [0.1, 0.15) is 0 Å². The van der Waals surface area contributed by atoms with Crippen molar-refractivity contribution in [2.45, 2.75) is 26.2 Å². The zero-order valence-electron chi connectivity index (χ0n) is 12.7. The van der Waals surface area contributed by atoms with E-state index in [4.69, 9.17) is 5.11 Å². The molecule has 2 atom stereocenters. The summed E-state index contributed by atoms with van der Waals surface area (Å²) in [6.45, 7) is 2.02. The summed E-state index contributed by atoms with van der Waals surface area (Å²) in [5.74, 6) is -1.45. The number of carbonyl (C=O) groups is 2. The molecule has 0 aliphatic heterocycles. The highest BCUT2D eigenvalue weighted by molar-refractivity contribution is 5.93. The summed E-state index contributed by atoms with van der Waals surface area (Å²) >= 11 is 0. The molecule has 21 heavy (non-hydrogen) atoms. The number of hydrogen-bond donors (Lipinski definition) is 2. The van der Waals surface area contributed by atoms with Gasteiger partial charge in [-0.25, -0.2) is 0 Å². The third-order valence-corrected chi connectivity index (χ3v) is 4.11. The second kappa shape index (κ2) is 6.16. The van der Waals surface area contributed by atoms with Crippen molar-refractivity contribution in [1.82, 2.24) is 0 Å². The van der Waals surface area contributed by atoms with Gasteiger partial charge in [-0.3, -0.25) is 9.59 Å². The second-order valence-corrected chi connectivity index (χ2v) is 5.93. The van der Waals surface area contributed by atoms with Crippen molar-refractivity contribution < 1.29 is 14.7 Å². The van der Waals surface area contributed by atoms with Gasteiger partial charge in [-0.2, -0.15) is 0 Å². The first-order valence-corrected chi connectivity index (χ1v) is 7.20. The van der Waals surface area contributed by atoms with Crippen LogP contribution in [0.2, 0.25) is 0 Å². The van der Waals surface area contributed by atoms with Gasteiger partial charge in [0.25, 0.3) is 0 Å². The van der Waals surface area contributed by atoms with E-state index in [0.29, 0.717) is 19.3 Å². The second-order valence-electron chi connectivity index (χ2n) is 5.93. The quantitative estimate of drug-likeness (QED) is 0.894. The van der Waals surface area contributed by atoms with Crippen LogP contribution in [-0.4, -0.2) is 31.1 Å². The zero-order valence-corrected chi connectivity index (χ0v) is 12.7. The molecule has 0 aromatic heterocycles. The minimum Gasteiger partial charge on any atom is -0.481 e. The van der Waals surface area contributed by atoms with Crippen molar-refractivity contribution in [3.05, 3.63) is 23.8 Å². The Bertz CT molecular complexity index is 554. The van der Waals surface area contributed by atoms with E-state index in [0.717, 1.165) is 16.9 Å². The Hall–Kier alpha value is -2.04. The Morgan fingerprint density at radius 3 is 2.48 bits per heavy atom. The maximum atomic E-state index is 12.2. The first kappa shape index (κ1) is 15.4. The average molecular weight is 290 g/mol. The molecule has 1 aromatic carbocycles. The van der Waals surface area contributed by atoms with E-state index in [9.17, 15) is 9.59 Å². The normalized spacial score (nSPS) is 21.1. The number of nitrogens with one attached hydrogen (secondary N) is 1. The van der Waals surface area contributed by atoms with Crippen LogP contribution in [0.4, 0.5) is 11.4 Å². The highest BCUT2D eigenvalue weighted by atomic mass is 16.4. The third-order valence-electron chi connectivity index (χ3n) is 4.11. The highest BCUT2D eigenvalue weighted by Gasteiger charge is 2.33. The fourth-order valence-corrected chi connectivity index (χ4v) is 2.86. The van der Waals surface area contributed by atoms with Crippen molar-refractivity contribution in [2.75, 3.05) is 24.3 Å². The number of benzene rings is 1. The Kier molecular flexibility index (Phi) is 4.50. The Balaban J connectivity index is 2.03. The van der Waals surface area contributed by atoms with E-state index in [1.54, 1.807) is 0 Å². The summed E-state index contributed by atoms with van der Waals surface area (Å²) in [7, 11) is 3.92. The molecule has 0 heterocycles. The molecule has 2 N–H and O–H groups in total. The van der Waals surface area contributed by atoms with Crippen molar-refractivity contribution >= 4 is 23.3 Å². The SMILES string of the molecule is Cc1ccc(NC(=O)[C@@H]2CC[C@H](C(=O)O)C2)cc1N(C)C. The van der Waals surface area contributed by atoms with E-state index < -0.39 is 5.97 Å². The number of nitrogens with zero attached hydrogens (tertiary/aromatic N) is 1. The molecule has 0 spiro atoms. The van der Waals surface area contributed by atoms with Gasteiger partial charge in [0.15, 0.2) is 0 Å². The maximum absolute atomic E-state index is 12.2. The summed E-state index contributed by atoms with van der Waals surface area (Å²) in [5.41, 5.74) is 2.96. The molecule has 0 saturated heterocycles. The molecule has 114 valence electrons. The molecule has 1 saturated carbocycles. The number of aryl methyl sites for hydroxylation is 1. The van der Waals surface area contributed by atoms with Crippen LogP contribution in [0.15, 0.2) is 18.2 Å². The number of carboxylic acid groups (broad SMARTS) is 1. The summed E-state index contributed by atoms with van der Waals surface area (Å²) in [5, 5.41) is 11.9. The van der Waals surface area contributed by atoms with Crippen LogP contribution in [0.25, 0.3) is 0 Å². The molecule has 5 heteroatoms. The molecule has 1 aliphatic rings. The van der Waals surface area contributed by atoms with Crippen LogP contribution in [0, 0.1) is 18.8 Å². The number of amides is 1. The minimum atomic E-state index is -0.796. The van der Waals surface area contributed by atoms with Gasteiger partial charge < -0.3 is 15.3 Å². The van der Waals surface area contributed by atoms with Gasteiger partial charge in [0.2, 0.25) is 5.91 Å². The summed E-state index contributed by atoms with van der Waals surface area (Å²) in [4.78, 5) is 25.2. The van der Waals surface area contributed by atoms with Crippen LogP contribution in [0.5, 0.6) is 0 Å². The van der Waals surface area contributed by atoms with Crippen LogP contribution < -0.4 is 10.2 Å². The Morgan fingerprint density at radius 2 is 1.90 bits per heavy atom. The lowest BCUT2D eigenvalue weighted by Gasteiger charge is -2.18. The molecule has 0 unspecified atom stereocenters. The smallest absolute Gasteiger partial charge is 0.306 e. The average Bonchev–Trinajstić information content (AvgIpc) is 2.90. The van der Waals surface area contributed by atoms with Crippen molar-refractivity contribution in [3.8, 4) is 0 Å². The molecule has 0 bridgehead atoms. The Morgan fingerprint density at radius 1 is 1.24 bits per heavy atom. The largest absolute Gasteiger partial charge is 0.481 e. The number of carbonyl (C=O) groups excluding carboxylic acids is 1. The molecule has 1 fully saturated rings. The van der Waals surface area contributed by atoms with Gasteiger partial charge in [-0.05, 0) is 43.9 Å². The van der Waals surface area contributed by atoms with Gasteiger partial charge in [0, 0.05) is 31.4 Å². The fourth-order valence-electron chi connectivity index (χ4n) is 2.86. The van der Waals surface area contributed by atoms with E-state index >= 15 is 0 Å². The third kappa shape index (κ3) is 3.54. The van der Waals surface area contributed by atoms with Gasteiger partial charge in [0.05, 0.1) is 5.92 Å². The monoisotopic (exact) mass is 290 g/mol.